The molecule has 0 aromatic heterocycles. The third-order valence-electron chi connectivity index (χ3n) is 2.77. The molecule has 4 nitrogen and oxygen atoms in total. The fraction of sp³-hybridized carbons (Fsp3) is 0.333. The summed E-state index contributed by atoms with van der Waals surface area (Å²) < 4.78 is 13.0. The lowest BCUT2D eigenvalue weighted by Gasteiger charge is -2.31. The molecular weight excluding hydrogens is 223 g/mol. The van der Waals surface area contributed by atoms with Gasteiger partial charge < -0.3 is 10.2 Å². The number of amides is 2. The number of nitrogens with zero attached hydrogens (tertiary/aromatic N) is 1. The van der Waals surface area contributed by atoms with Crippen molar-refractivity contribution >= 4 is 17.5 Å². The zero-order valence-corrected chi connectivity index (χ0v) is 9.66. The van der Waals surface area contributed by atoms with E-state index in [1.165, 1.54) is 23.1 Å². The maximum absolute atomic E-state index is 13.0. The van der Waals surface area contributed by atoms with Crippen LogP contribution in [0, 0.1) is 12.7 Å². The van der Waals surface area contributed by atoms with Crippen LogP contribution in [-0.2, 0) is 9.59 Å². The topological polar surface area (TPSA) is 49.4 Å². The van der Waals surface area contributed by atoms with Gasteiger partial charge in [0.25, 0.3) is 0 Å². The molecule has 0 radical (unpaired) electrons. The van der Waals surface area contributed by atoms with E-state index in [2.05, 4.69) is 5.32 Å². The van der Waals surface area contributed by atoms with E-state index in [1.54, 1.807) is 13.8 Å². The first-order valence-electron chi connectivity index (χ1n) is 5.36. The first kappa shape index (κ1) is 11.6. The van der Waals surface area contributed by atoms with E-state index < -0.39 is 6.04 Å². The summed E-state index contributed by atoms with van der Waals surface area (Å²) in [6.07, 6.45) is 0. The number of anilines is 1. The van der Waals surface area contributed by atoms with Crippen LogP contribution >= 0.6 is 0 Å². The second kappa shape index (κ2) is 4.16. The fourth-order valence-electron chi connectivity index (χ4n) is 1.93. The minimum absolute atomic E-state index is 0.0182. The Bertz CT molecular complexity index is 487. The summed E-state index contributed by atoms with van der Waals surface area (Å²) in [5, 5.41) is 2.56. The van der Waals surface area contributed by atoms with Gasteiger partial charge in [-0.2, -0.15) is 0 Å². The highest BCUT2D eigenvalue weighted by Crippen LogP contribution is 2.22. The third kappa shape index (κ3) is 2.13. The number of carbonyl (C=O) groups excluding carboxylic acids is 2. The van der Waals surface area contributed by atoms with Crippen LogP contribution in [0.3, 0.4) is 0 Å². The molecule has 5 heteroatoms. The van der Waals surface area contributed by atoms with E-state index in [0.717, 1.165) is 0 Å². The Labute approximate surface area is 98.4 Å². The van der Waals surface area contributed by atoms with Crippen molar-refractivity contribution in [3.05, 3.63) is 29.6 Å². The molecule has 1 heterocycles. The Balaban J connectivity index is 2.38. The van der Waals surface area contributed by atoms with E-state index in [9.17, 15) is 14.0 Å². The predicted molar refractivity (Wildman–Crippen MR) is 61.1 cm³/mol. The molecule has 90 valence electrons. The van der Waals surface area contributed by atoms with E-state index in [0.29, 0.717) is 11.3 Å². The molecule has 1 aromatic rings. The van der Waals surface area contributed by atoms with Crippen molar-refractivity contribution in [2.75, 3.05) is 11.4 Å². The average Bonchev–Trinajstić information content (AvgIpc) is 2.24. The summed E-state index contributed by atoms with van der Waals surface area (Å²) in [6.45, 7) is 3.32. The Morgan fingerprint density at radius 3 is 2.76 bits per heavy atom. The predicted octanol–water partition coefficient (Wildman–Crippen LogP) is 0.985. The van der Waals surface area contributed by atoms with Gasteiger partial charge in [-0.25, -0.2) is 4.39 Å². The lowest BCUT2D eigenvalue weighted by atomic mass is 10.1. The Hall–Kier alpha value is -1.91. The average molecular weight is 236 g/mol. The quantitative estimate of drug-likeness (QED) is 0.790. The van der Waals surface area contributed by atoms with Crippen LogP contribution in [-0.4, -0.2) is 24.4 Å². The number of benzene rings is 1. The van der Waals surface area contributed by atoms with Crippen LogP contribution in [0.15, 0.2) is 18.2 Å². The molecule has 0 aliphatic carbocycles. The molecule has 1 aliphatic rings. The van der Waals surface area contributed by atoms with Crippen LogP contribution in [0.5, 0.6) is 0 Å². The van der Waals surface area contributed by atoms with Crippen LogP contribution in [0.1, 0.15) is 12.5 Å². The summed E-state index contributed by atoms with van der Waals surface area (Å²) in [4.78, 5) is 24.7. The lowest BCUT2D eigenvalue weighted by Crippen LogP contribution is -2.57. The minimum atomic E-state index is -0.541. The van der Waals surface area contributed by atoms with Gasteiger partial charge in [0.1, 0.15) is 18.4 Å². The minimum Gasteiger partial charge on any atom is -0.343 e. The van der Waals surface area contributed by atoms with Crippen molar-refractivity contribution < 1.29 is 14.0 Å². The summed E-state index contributed by atoms with van der Waals surface area (Å²) >= 11 is 0. The molecule has 0 spiro atoms. The third-order valence-corrected chi connectivity index (χ3v) is 2.77. The smallest absolute Gasteiger partial charge is 0.249 e. The van der Waals surface area contributed by atoms with E-state index >= 15 is 0 Å². The van der Waals surface area contributed by atoms with Crippen molar-refractivity contribution in [2.45, 2.75) is 19.9 Å². The van der Waals surface area contributed by atoms with Crippen molar-refractivity contribution in [1.82, 2.24) is 5.32 Å². The number of piperazine rings is 1. The van der Waals surface area contributed by atoms with Crippen LogP contribution in [0.2, 0.25) is 0 Å². The highest BCUT2D eigenvalue weighted by atomic mass is 19.1. The highest BCUT2D eigenvalue weighted by Gasteiger charge is 2.31. The molecule has 0 bridgehead atoms. The first-order valence-corrected chi connectivity index (χ1v) is 5.36. The van der Waals surface area contributed by atoms with Gasteiger partial charge in [0, 0.05) is 5.69 Å². The molecule has 1 N–H and O–H groups in total. The largest absolute Gasteiger partial charge is 0.343 e. The van der Waals surface area contributed by atoms with E-state index in [1.807, 2.05) is 0 Å². The zero-order valence-electron chi connectivity index (χ0n) is 9.66. The van der Waals surface area contributed by atoms with Gasteiger partial charge in [-0.15, -0.1) is 0 Å². The molecule has 2 rings (SSSR count). The Morgan fingerprint density at radius 1 is 1.41 bits per heavy atom. The Kier molecular flexibility index (Phi) is 2.83. The number of hydrogen-bond donors (Lipinski definition) is 1. The molecule has 1 unspecified atom stereocenters. The van der Waals surface area contributed by atoms with Gasteiger partial charge in [-0.05, 0) is 37.6 Å². The summed E-state index contributed by atoms with van der Waals surface area (Å²) in [7, 11) is 0. The van der Waals surface area contributed by atoms with E-state index in [-0.39, 0.29) is 24.2 Å². The summed E-state index contributed by atoms with van der Waals surface area (Å²) in [5.41, 5.74) is 1.22. The molecule has 1 fully saturated rings. The molecular formula is C12H13FN2O2. The van der Waals surface area contributed by atoms with Crippen molar-refractivity contribution in [1.29, 1.82) is 0 Å². The van der Waals surface area contributed by atoms with Crippen LogP contribution in [0.4, 0.5) is 10.1 Å². The van der Waals surface area contributed by atoms with Crippen molar-refractivity contribution in [3.8, 4) is 0 Å². The molecule has 2 amide bonds. The molecule has 17 heavy (non-hydrogen) atoms. The van der Waals surface area contributed by atoms with Gasteiger partial charge in [0.15, 0.2) is 0 Å². The summed E-state index contributed by atoms with van der Waals surface area (Å²) in [5.74, 6) is -0.742. The molecule has 1 aromatic carbocycles. The molecule has 1 aliphatic heterocycles. The van der Waals surface area contributed by atoms with Gasteiger partial charge in [0.2, 0.25) is 11.8 Å². The summed E-state index contributed by atoms with van der Waals surface area (Å²) in [6, 6.07) is 3.61. The SMILES string of the molecule is Cc1cc(F)ccc1N1CC(=O)NC(C)C1=O. The van der Waals surface area contributed by atoms with Gasteiger partial charge in [-0.3, -0.25) is 9.59 Å². The lowest BCUT2D eigenvalue weighted by molar-refractivity contribution is -0.130. The maximum Gasteiger partial charge on any atom is 0.249 e. The van der Waals surface area contributed by atoms with Crippen LogP contribution < -0.4 is 10.2 Å². The van der Waals surface area contributed by atoms with Gasteiger partial charge in [0.05, 0.1) is 0 Å². The maximum atomic E-state index is 13.0. The first-order chi connectivity index (χ1) is 7.99. The molecule has 1 atom stereocenters. The molecule has 0 saturated carbocycles. The number of aryl methyl sites for hydroxylation is 1. The van der Waals surface area contributed by atoms with Gasteiger partial charge >= 0.3 is 0 Å². The van der Waals surface area contributed by atoms with Crippen LogP contribution in [0.25, 0.3) is 0 Å². The van der Waals surface area contributed by atoms with E-state index in [4.69, 9.17) is 0 Å². The van der Waals surface area contributed by atoms with Crippen molar-refractivity contribution in [2.24, 2.45) is 0 Å². The standard InChI is InChI=1S/C12H13FN2O2/c1-7-5-9(13)3-4-10(7)15-6-11(16)14-8(2)12(15)17/h3-5,8H,6H2,1-2H3,(H,14,16). The normalized spacial score (nSPS) is 20.4. The Morgan fingerprint density at radius 2 is 2.12 bits per heavy atom. The number of nitrogens with one attached hydrogen (secondary N) is 1. The number of halogens is 1. The number of rotatable bonds is 1. The zero-order chi connectivity index (χ0) is 12.6. The second-order valence-electron chi connectivity index (χ2n) is 4.14. The highest BCUT2D eigenvalue weighted by molar-refractivity contribution is 6.06. The molecule has 1 saturated heterocycles. The number of carbonyl (C=O) groups is 2. The number of hydrogen-bond acceptors (Lipinski definition) is 2. The van der Waals surface area contributed by atoms with Crippen molar-refractivity contribution in [3.63, 3.8) is 0 Å². The fourth-order valence-corrected chi connectivity index (χ4v) is 1.93. The second-order valence-corrected chi connectivity index (χ2v) is 4.14. The monoisotopic (exact) mass is 236 g/mol. The van der Waals surface area contributed by atoms with Gasteiger partial charge in [-0.1, -0.05) is 0 Å².